The maximum absolute atomic E-state index is 6.34. The van der Waals surface area contributed by atoms with E-state index in [-0.39, 0.29) is 6.10 Å². The van der Waals surface area contributed by atoms with Crippen LogP contribution in [0, 0.1) is 0 Å². The van der Waals surface area contributed by atoms with Gasteiger partial charge in [-0.1, -0.05) is 97.8 Å². The smallest absolute Gasteiger partial charge is 0.115 e. The summed E-state index contributed by atoms with van der Waals surface area (Å²) in [5.41, 5.74) is 0. The number of unbranched alkanes of at least 4 members (excludes halogenated alkanes) is 10. The van der Waals surface area contributed by atoms with Crippen LogP contribution in [0.3, 0.4) is 0 Å². The Morgan fingerprint density at radius 1 is 0.593 bits per heavy atom. The van der Waals surface area contributed by atoms with Gasteiger partial charge < -0.3 is 14.2 Å². The van der Waals surface area contributed by atoms with E-state index >= 15 is 0 Å². The van der Waals surface area contributed by atoms with E-state index in [1.54, 1.807) is 0 Å². The van der Waals surface area contributed by atoms with Crippen LogP contribution in [-0.2, 0) is 14.2 Å². The van der Waals surface area contributed by atoms with E-state index in [4.69, 9.17) is 14.2 Å². The lowest BCUT2D eigenvalue weighted by atomic mass is 10.0. The zero-order valence-corrected chi connectivity index (χ0v) is 18.4. The summed E-state index contributed by atoms with van der Waals surface area (Å²) < 4.78 is 18.4. The van der Waals surface area contributed by atoms with Crippen LogP contribution in [0.25, 0.3) is 0 Å². The molecule has 0 aromatic rings. The third-order valence-corrected chi connectivity index (χ3v) is 6.13. The van der Waals surface area contributed by atoms with Crippen LogP contribution in [0.2, 0.25) is 0 Å². The number of hydrogen-bond donors (Lipinski definition) is 0. The van der Waals surface area contributed by atoms with Crippen LogP contribution in [0.4, 0.5) is 0 Å². The lowest BCUT2D eigenvalue weighted by Gasteiger charge is -2.14. The van der Waals surface area contributed by atoms with E-state index in [1.165, 1.54) is 96.3 Å². The highest BCUT2D eigenvalue weighted by Gasteiger charge is 2.55. The first-order valence-corrected chi connectivity index (χ1v) is 12.2. The van der Waals surface area contributed by atoms with Gasteiger partial charge in [-0.2, -0.15) is 0 Å². The van der Waals surface area contributed by atoms with Crippen molar-refractivity contribution in [3.05, 3.63) is 0 Å². The Balaban J connectivity index is 1.66. The second kappa shape index (κ2) is 14.0. The van der Waals surface area contributed by atoms with Gasteiger partial charge in [0.2, 0.25) is 0 Å². The van der Waals surface area contributed by atoms with Crippen molar-refractivity contribution in [1.29, 1.82) is 0 Å². The van der Waals surface area contributed by atoms with Crippen molar-refractivity contribution in [1.82, 2.24) is 0 Å². The molecule has 2 rings (SSSR count). The minimum Gasteiger partial charge on any atom is -0.373 e. The Hall–Kier alpha value is -0.120. The fraction of sp³-hybridized carbons (Fsp3) is 1.00. The summed E-state index contributed by atoms with van der Waals surface area (Å²) in [7, 11) is 0. The van der Waals surface area contributed by atoms with Gasteiger partial charge in [0.1, 0.15) is 18.3 Å². The van der Waals surface area contributed by atoms with Crippen LogP contribution >= 0.6 is 0 Å². The molecule has 2 fully saturated rings. The normalized spacial score (nSPS) is 27.7. The molecule has 0 bridgehead atoms. The summed E-state index contributed by atoms with van der Waals surface area (Å²) in [6, 6.07) is 0. The number of epoxide rings is 2. The average molecular weight is 383 g/mol. The third kappa shape index (κ3) is 9.28. The average Bonchev–Trinajstić information content (AvgIpc) is 3.59. The van der Waals surface area contributed by atoms with E-state index in [0.717, 1.165) is 6.61 Å². The Morgan fingerprint density at radius 2 is 1.04 bits per heavy atom. The van der Waals surface area contributed by atoms with Crippen molar-refractivity contribution in [3.63, 3.8) is 0 Å². The summed E-state index contributed by atoms with van der Waals surface area (Å²) in [5, 5.41) is 0. The molecule has 0 spiro atoms. The monoisotopic (exact) mass is 382 g/mol. The Kier molecular flexibility index (Phi) is 12.0. The summed E-state index contributed by atoms with van der Waals surface area (Å²) in [5.74, 6) is 0. The van der Waals surface area contributed by atoms with Gasteiger partial charge in [-0.15, -0.1) is 0 Å². The summed E-state index contributed by atoms with van der Waals surface area (Å²) in [6.45, 7) is 7.68. The van der Waals surface area contributed by atoms with Gasteiger partial charge in [0.05, 0.1) is 12.2 Å². The second-order valence-electron chi connectivity index (χ2n) is 8.73. The second-order valence-corrected chi connectivity index (χ2v) is 8.73. The maximum Gasteiger partial charge on any atom is 0.115 e. The van der Waals surface area contributed by atoms with Gasteiger partial charge in [0.25, 0.3) is 0 Å². The summed E-state index contributed by atoms with van der Waals surface area (Å²) in [6.07, 6.45) is 21.1. The molecule has 0 saturated carbocycles. The molecule has 4 unspecified atom stereocenters. The Bertz CT molecular complexity index is 334. The fourth-order valence-corrected chi connectivity index (χ4v) is 4.20. The Labute approximate surface area is 168 Å². The molecule has 3 nitrogen and oxygen atoms in total. The van der Waals surface area contributed by atoms with Crippen LogP contribution in [0.1, 0.15) is 117 Å². The van der Waals surface area contributed by atoms with Gasteiger partial charge in [-0.3, -0.25) is 0 Å². The molecule has 0 amide bonds. The highest BCUT2D eigenvalue weighted by molar-refractivity contribution is 5.02. The van der Waals surface area contributed by atoms with Gasteiger partial charge in [0.15, 0.2) is 0 Å². The van der Waals surface area contributed by atoms with Crippen LogP contribution in [-0.4, -0.2) is 37.1 Å². The van der Waals surface area contributed by atoms with E-state index in [2.05, 4.69) is 20.8 Å². The number of hydrogen-bond acceptors (Lipinski definition) is 3. The first-order chi connectivity index (χ1) is 13.3. The van der Waals surface area contributed by atoms with Gasteiger partial charge in [0, 0.05) is 6.61 Å². The standard InChI is InChI=1S/C24H46O3/c1-4-7-10-13-16-19-25-24(22-20(26-22)17-14-11-8-5-2)23-21(27-23)18-15-12-9-6-3/h20-24H,4-19H2,1-3H3. The molecule has 3 heteroatoms. The molecule has 0 aromatic carbocycles. The first kappa shape index (κ1) is 23.2. The minimum absolute atomic E-state index is 0.184. The van der Waals surface area contributed by atoms with Crippen LogP contribution in [0.5, 0.6) is 0 Å². The zero-order valence-electron chi connectivity index (χ0n) is 18.4. The highest BCUT2D eigenvalue weighted by Crippen LogP contribution is 2.41. The maximum atomic E-state index is 6.34. The number of rotatable bonds is 19. The molecule has 27 heavy (non-hydrogen) atoms. The lowest BCUT2D eigenvalue weighted by Crippen LogP contribution is -2.29. The molecule has 0 aromatic heterocycles. The van der Waals surface area contributed by atoms with Crippen LogP contribution < -0.4 is 0 Å². The summed E-state index contributed by atoms with van der Waals surface area (Å²) in [4.78, 5) is 0. The van der Waals surface area contributed by atoms with Crippen molar-refractivity contribution in [2.45, 2.75) is 148 Å². The molecule has 2 aliphatic heterocycles. The molecule has 0 N–H and O–H groups in total. The topological polar surface area (TPSA) is 34.3 Å². The van der Waals surface area contributed by atoms with Crippen molar-refractivity contribution in [2.24, 2.45) is 0 Å². The largest absolute Gasteiger partial charge is 0.373 e. The van der Waals surface area contributed by atoms with E-state index in [0.29, 0.717) is 24.4 Å². The molecule has 0 aliphatic carbocycles. The number of ether oxygens (including phenoxy) is 3. The van der Waals surface area contributed by atoms with Gasteiger partial charge >= 0.3 is 0 Å². The quantitative estimate of drug-likeness (QED) is 0.182. The van der Waals surface area contributed by atoms with Crippen molar-refractivity contribution < 1.29 is 14.2 Å². The fourth-order valence-electron chi connectivity index (χ4n) is 4.20. The molecule has 160 valence electrons. The zero-order chi connectivity index (χ0) is 19.3. The van der Waals surface area contributed by atoms with Gasteiger partial charge in [-0.05, 0) is 19.3 Å². The van der Waals surface area contributed by atoms with Gasteiger partial charge in [-0.25, -0.2) is 0 Å². The molecule has 4 atom stereocenters. The molecular formula is C24H46O3. The predicted octanol–water partition coefficient (Wildman–Crippen LogP) is 6.82. The van der Waals surface area contributed by atoms with Crippen molar-refractivity contribution in [2.75, 3.05) is 6.61 Å². The lowest BCUT2D eigenvalue weighted by molar-refractivity contribution is 0.0129. The molecule has 2 aliphatic rings. The van der Waals surface area contributed by atoms with E-state index in [9.17, 15) is 0 Å². The molecule has 2 heterocycles. The summed E-state index contributed by atoms with van der Waals surface area (Å²) >= 11 is 0. The Morgan fingerprint density at radius 3 is 1.52 bits per heavy atom. The molecule has 2 saturated heterocycles. The minimum atomic E-state index is 0.184. The first-order valence-electron chi connectivity index (χ1n) is 12.2. The predicted molar refractivity (Wildman–Crippen MR) is 113 cm³/mol. The van der Waals surface area contributed by atoms with E-state index in [1.807, 2.05) is 0 Å². The van der Waals surface area contributed by atoms with E-state index < -0.39 is 0 Å². The van der Waals surface area contributed by atoms with Crippen molar-refractivity contribution in [3.8, 4) is 0 Å². The van der Waals surface area contributed by atoms with Crippen molar-refractivity contribution >= 4 is 0 Å². The van der Waals surface area contributed by atoms with Crippen LogP contribution in [0.15, 0.2) is 0 Å². The third-order valence-electron chi connectivity index (χ3n) is 6.13. The molecule has 0 radical (unpaired) electrons. The molecular weight excluding hydrogens is 336 g/mol. The highest BCUT2D eigenvalue weighted by atomic mass is 16.7. The SMILES string of the molecule is CCCCCCCOC(C1OC1CCCCCC)C1OC1CCCCCC.